The molecule has 6 heteroatoms. The van der Waals surface area contributed by atoms with E-state index in [1.165, 1.54) is 18.4 Å². The molecule has 0 atom stereocenters. The van der Waals surface area contributed by atoms with Gasteiger partial charge in [-0.2, -0.15) is 0 Å². The van der Waals surface area contributed by atoms with Gasteiger partial charge in [0.2, 0.25) is 0 Å². The van der Waals surface area contributed by atoms with Crippen molar-refractivity contribution in [2.24, 2.45) is 12.0 Å². The Morgan fingerprint density at radius 1 is 1.36 bits per heavy atom. The van der Waals surface area contributed by atoms with E-state index in [-0.39, 0.29) is 11.7 Å². The van der Waals surface area contributed by atoms with Gasteiger partial charge in [0.25, 0.3) is 5.91 Å². The molecule has 0 saturated carbocycles. The average Bonchev–Trinajstić information content (AvgIpc) is 2.85. The van der Waals surface area contributed by atoms with Gasteiger partial charge in [-0.1, -0.05) is 17.9 Å². The molecule has 1 aliphatic heterocycles. The molecule has 1 amide bonds. The third-order valence-electron chi connectivity index (χ3n) is 4.69. The lowest BCUT2D eigenvalue weighted by atomic mass is 10.1. The van der Waals surface area contributed by atoms with Crippen molar-refractivity contribution in [2.45, 2.75) is 13.3 Å². The predicted octanol–water partition coefficient (Wildman–Crippen LogP) is 2.86. The summed E-state index contributed by atoms with van der Waals surface area (Å²) in [6, 6.07) is 5.24. The van der Waals surface area contributed by atoms with Crippen LogP contribution in [-0.2, 0) is 7.05 Å². The number of aromatic nitrogens is 2. The van der Waals surface area contributed by atoms with E-state index >= 15 is 0 Å². The maximum absolute atomic E-state index is 13.8. The molecule has 138 valence electrons. The lowest BCUT2D eigenvalue weighted by Crippen LogP contribution is -2.29. The number of carbonyl (C=O) groups excluding carboxylic acids is 1. The Morgan fingerprint density at radius 2 is 2.21 bits per heavy atom. The molecule has 28 heavy (non-hydrogen) atoms. The van der Waals surface area contributed by atoms with Gasteiger partial charge in [-0.25, -0.2) is 14.4 Å². The number of pyridine rings is 1. The van der Waals surface area contributed by atoms with E-state index in [4.69, 9.17) is 0 Å². The predicted molar refractivity (Wildman–Crippen MR) is 106 cm³/mol. The van der Waals surface area contributed by atoms with Gasteiger partial charge >= 0.3 is 0 Å². The standard InChI is InChI=1S/C22H17FN4O/c1-14-18(13-19(27(14)2)16-6-3-4-8-17(23)12-16)22(28)26-20-10-9-15-7-5-11-24-21(15)25-20/h3,6,8-13H,4H2,1-2H3,(H,24,25,26,28). The number of anilines is 1. The van der Waals surface area contributed by atoms with Crippen LogP contribution in [0.3, 0.4) is 0 Å². The van der Waals surface area contributed by atoms with Crippen LogP contribution in [-0.4, -0.2) is 15.5 Å². The van der Waals surface area contributed by atoms with Gasteiger partial charge in [-0.05, 0) is 49.4 Å². The molecular weight excluding hydrogens is 355 g/mol. The van der Waals surface area contributed by atoms with Gasteiger partial charge in [0, 0.05) is 24.0 Å². The zero-order valence-electron chi connectivity index (χ0n) is 15.5. The van der Waals surface area contributed by atoms with Crippen molar-refractivity contribution in [3.8, 4) is 0 Å². The molecule has 0 spiro atoms. The first-order chi connectivity index (χ1) is 13.5. The van der Waals surface area contributed by atoms with Crippen LogP contribution in [0.2, 0.25) is 0 Å². The first-order valence-corrected chi connectivity index (χ1v) is 8.80. The third kappa shape index (κ3) is 3.30. The normalized spacial score (nSPS) is 14.4. The van der Waals surface area contributed by atoms with Gasteiger partial charge in [0.05, 0.1) is 17.0 Å². The smallest absolute Gasteiger partial charge is 0.258 e. The summed E-state index contributed by atoms with van der Waals surface area (Å²) in [4.78, 5) is 21.3. The average molecular weight is 372 g/mol. The number of carbonyl (C=O) groups is 1. The minimum Gasteiger partial charge on any atom is -0.347 e. The van der Waals surface area contributed by atoms with Crippen LogP contribution in [0.15, 0.2) is 65.3 Å². The summed E-state index contributed by atoms with van der Waals surface area (Å²) in [6.07, 6.45) is 8.77. The minimum absolute atomic E-state index is 0.285. The molecule has 1 aliphatic carbocycles. The van der Waals surface area contributed by atoms with Gasteiger partial charge in [0.1, 0.15) is 11.6 Å². The van der Waals surface area contributed by atoms with Gasteiger partial charge in [0.15, 0.2) is 5.49 Å². The summed E-state index contributed by atoms with van der Waals surface area (Å²) in [7, 11) is 1.85. The van der Waals surface area contributed by atoms with E-state index in [0.29, 0.717) is 23.3 Å². The highest BCUT2D eigenvalue weighted by Crippen LogP contribution is 2.26. The zero-order chi connectivity index (χ0) is 19.7. The number of nitrogens with zero attached hydrogens (tertiary/aromatic N) is 3. The number of halogens is 1. The van der Waals surface area contributed by atoms with Gasteiger partial charge in [-0.15, -0.1) is 0 Å². The van der Waals surface area contributed by atoms with Gasteiger partial charge < -0.3 is 9.88 Å². The maximum Gasteiger partial charge on any atom is 0.258 e. The highest BCUT2D eigenvalue weighted by atomic mass is 19.1. The zero-order valence-corrected chi connectivity index (χ0v) is 15.5. The molecule has 0 unspecified atom stereocenters. The van der Waals surface area contributed by atoms with Crippen LogP contribution >= 0.6 is 0 Å². The molecule has 2 aliphatic rings. The van der Waals surface area contributed by atoms with Crippen molar-refractivity contribution >= 4 is 23.0 Å². The van der Waals surface area contributed by atoms with Crippen LogP contribution in [0, 0.1) is 6.92 Å². The van der Waals surface area contributed by atoms with E-state index in [0.717, 1.165) is 22.2 Å². The van der Waals surface area contributed by atoms with Crippen LogP contribution in [0.4, 0.5) is 10.2 Å². The first kappa shape index (κ1) is 17.7. The second kappa shape index (κ2) is 7.12. The van der Waals surface area contributed by atoms with E-state index in [9.17, 15) is 9.18 Å². The number of hydrogen-bond donors (Lipinski definition) is 1. The highest BCUT2D eigenvalue weighted by Gasteiger charge is 2.18. The van der Waals surface area contributed by atoms with Crippen molar-refractivity contribution in [3.63, 3.8) is 0 Å². The minimum atomic E-state index is -0.285. The molecule has 0 fully saturated rings. The van der Waals surface area contributed by atoms with Crippen LogP contribution in [0.5, 0.6) is 0 Å². The molecule has 5 nitrogen and oxygen atoms in total. The fourth-order valence-electron chi connectivity index (χ4n) is 3.10. The number of rotatable bonds is 3. The summed E-state index contributed by atoms with van der Waals surface area (Å²) < 4.78 is 15.7. The molecule has 2 aromatic rings. The second-order valence-corrected chi connectivity index (χ2v) is 6.46. The molecule has 2 aromatic heterocycles. The van der Waals surface area contributed by atoms with E-state index in [2.05, 4.69) is 26.8 Å². The Hall–Kier alpha value is -3.72. The summed E-state index contributed by atoms with van der Waals surface area (Å²) in [5.41, 5.74) is 8.93. The van der Waals surface area contributed by atoms with E-state index in [1.807, 2.05) is 30.7 Å². The quantitative estimate of drug-likeness (QED) is 0.843. The van der Waals surface area contributed by atoms with Crippen molar-refractivity contribution in [3.05, 3.63) is 87.9 Å². The van der Waals surface area contributed by atoms with Crippen molar-refractivity contribution in [2.75, 3.05) is 5.32 Å². The number of allylic oxidation sites excluding steroid dienone is 6. The molecule has 0 radical (unpaired) electrons. The molecule has 0 aromatic carbocycles. The summed E-state index contributed by atoms with van der Waals surface area (Å²) in [5, 5.41) is 3.53. The lowest BCUT2D eigenvalue weighted by molar-refractivity contribution is 0.102. The van der Waals surface area contributed by atoms with Crippen molar-refractivity contribution in [1.82, 2.24) is 9.55 Å². The second-order valence-electron chi connectivity index (χ2n) is 6.46. The highest BCUT2D eigenvalue weighted by molar-refractivity contribution is 6.05. The SMILES string of the molecule is Cc1c(C(=O)Nc2ccc3c(n2)=NC=C=C=3)cc(C2=CC(F)=CCC=C2)n1C. The number of amides is 1. The molecule has 0 saturated heterocycles. The number of hydrogen-bond acceptors (Lipinski definition) is 3. The summed E-state index contributed by atoms with van der Waals surface area (Å²) in [5.74, 6) is -0.171. The Balaban J connectivity index is 1.66. The third-order valence-corrected chi connectivity index (χ3v) is 4.69. The van der Waals surface area contributed by atoms with E-state index in [1.54, 1.807) is 18.2 Å². The fraction of sp³-hybridized carbons (Fsp3) is 0.136. The van der Waals surface area contributed by atoms with Crippen molar-refractivity contribution < 1.29 is 9.18 Å². The Morgan fingerprint density at radius 3 is 3.07 bits per heavy atom. The molecular formula is C22H17FN4O. The van der Waals surface area contributed by atoms with E-state index < -0.39 is 0 Å². The summed E-state index contributed by atoms with van der Waals surface area (Å²) in [6.45, 7) is 1.85. The Kier molecular flexibility index (Phi) is 4.50. The van der Waals surface area contributed by atoms with Crippen LogP contribution in [0.1, 0.15) is 28.2 Å². The maximum atomic E-state index is 13.8. The van der Waals surface area contributed by atoms with Crippen LogP contribution < -0.4 is 16.0 Å². The molecule has 3 heterocycles. The molecule has 4 rings (SSSR count). The number of fused-ring (bicyclic) bond motifs is 1. The fourth-order valence-corrected chi connectivity index (χ4v) is 3.10. The Labute approximate surface area is 160 Å². The molecule has 1 N–H and O–H groups in total. The van der Waals surface area contributed by atoms with Crippen molar-refractivity contribution in [1.29, 1.82) is 0 Å². The summed E-state index contributed by atoms with van der Waals surface area (Å²) >= 11 is 0. The van der Waals surface area contributed by atoms with Crippen LogP contribution in [0.25, 0.3) is 11.3 Å². The monoisotopic (exact) mass is 372 g/mol. The first-order valence-electron chi connectivity index (χ1n) is 8.80. The topological polar surface area (TPSA) is 59.3 Å². The number of nitrogens with one attached hydrogen (secondary N) is 1. The lowest BCUT2D eigenvalue weighted by Gasteiger charge is -2.06. The largest absolute Gasteiger partial charge is 0.347 e. The van der Waals surface area contributed by atoms with Gasteiger partial charge in [-0.3, -0.25) is 4.79 Å². The molecule has 0 bridgehead atoms. The Bertz CT molecular complexity index is 1280.